The highest BCUT2D eigenvalue weighted by Crippen LogP contribution is 1.71. The molecule has 0 rings (SSSR count). The Morgan fingerprint density at radius 2 is 2.00 bits per heavy atom. The lowest BCUT2D eigenvalue weighted by molar-refractivity contribution is -0.121. The van der Waals surface area contributed by atoms with E-state index in [0.717, 1.165) is 0 Å². The summed E-state index contributed by atoms with van der Waals surface area (Å²) in [7, 11) is 0. The highest BCUT2D eigenvalue weighted by Gasteiger charge is 2.06. The van der Waals surface area contributed by atoms with Crippen LogP contribution in [0.3, 0.4) is 0 Å². The van der Waals surface area contributed by atoms with E-state index in [-0.39, 0.29) is 12.3 Å². The molecule has 6 N–H and O–H groups in total. The molecule has 68 valence electrons. The number of amidine groups is 1. The van der Waals surface area contributed by atoms with Crippen LogP contribution < -0.4 is 22.1 Å². The average Bonchev–Trinajstić information content (AvgIpc) is 2.11. The van der Waals surface area contributed by atoms with Gasteiger partial charge < -0.3 is 0 Å². The number of rotatable bonds is 1. The van der Waals surface area contributed by atoms with Crippen LogP contribution in [0.2, 0.25) is 0 Å². The molecule has 0 saturated heterocycles. The minimum absolute atomic E-state index is 0.268. The fourth-order valence-electron chi connectivity index (χ4n) is 0.350. The molecule has 0 radical (unpaired) electrons. The number of hydrogen-bond donors (Lipinski definition) is 5. The van der Waals surface area contributed by atoms with Crippen molar-refractivity contribution in [3.63, 3.8) is 0 Å². The van der Waals surface area contributed by atoms with E-state index >= 15 is 0 Å². The molecule has 0 fully saturated rings. The summed E-state index contributed by atoms with van der Waals surface area (Å²) in [6, 6.07) is 0. The van der Waals surface area contributed by atoms with E-state index < -0.39 is 11.7 Å². The molecule has 0 aliphatic heterocycles. The summed E-state index contributed by atoms with van der Waals surface area (Å²) in [6.07, 6.45) is 0.268. The SMILES string of the molecule is CCC(=O)NNC(=N)C(=O)NN. The average molecular weight is 173 g/mol. The van der Waals surface area contributed by atoms with E-state index in [2.05, 4.69) is 10.9 Å². The summed E-state index contributed by atoms with van der Waals surface area (Å²) in [5.74, 6) is 3.09. The second kappa shape index (κ2) is 5.08. The number of carbonyl (C=O) groups is 2. The summed E-state index contributed by atoms with van der Waals surface area (Å²) in [4.78, 5) is 21.1. The second-order valence-electron chi connectivity index (χ2n) is 1.88. The van der Waals surface area contributed by atoms with Crippen molar-refractivity contribution in [3.05, 3.63) is 0 Å². The minimum Gasteiger partial charge on any atom is -0.287 e. The zero-order chi connectivity index (χ0) is 9.56. The Hall–Kier alpha value is -1.63. The molecule has 0 heterocycles. The molecule has 7 nitrogen and oxygen atoms in total. The van der Waals surface area contributed by atoms with Crippen LogP contribution in [0.5, 0.6) is 0 Å². The molecule has 0 spiro atoms. The van der Waals surface area contributed by atoms with Crippen LogP contribution in [0.1, 0.15) is 13.3 Å². The number of nitrogens with two attached hydrogens (primary N) is 1. The molecule has 0 aromatic rings. The third kappa shape index (κ3) is 3.52. The fraction of sp³-hybridized carbons (Fsp3) is 0.400. The highest BCUT2D eigenvalue weighted by molar-refractivity contribution is 6.36. The number of amides is 2. The largest absolute Gasteiger partial charge is 0.301 e. The van der Waals surface area contributed by atoms with Crippen molar-refractivity contribution in [2.24, 2.45) is 5.84 Å². The molecule has 0 aliphatic carbocycles. The van der Waals surface area contributed by atoms with Crippen molar-refractivity contribution < 1.29 is 9.59 Å². The standard InChI is InChI=1S/C5H11N5O2/c1-2-3(11)9-10-4(6)5(12)8-7/h2,7H2,1H3,(H2,6,10)(H,8,12)(H,9,11). The fourth-order valence-corrected chi connectivity index (χ4v) is 0.350. The van der Waals surface area contributed by atoms with Crippen LogP contribution >= 0.6 is 0 Å². The molecule has 0 saturated carbocycles. The summed E-state index contributed by atoms with van der Waals surface area (Å²) in [5.41, 5.74) is 5.92. The monoisotopic (exact) mass is 173 g/mol. The van der Waals surface area contributed by atoms with E-state index in [0.29, 0.717) is 0 Å². The summed E-state index contributed by atoms with van der Waals surface area (Å²) in [6.45, 7) is 1.64. The van der Waals surface area contributed by atoms with Gasteiger partial charge in [0.15, 0.2) is 0 Å². The highest BCUT2D eigenvalue weighted by atomic mass is 16.2. The van der Waals surface area contributed by atoms with Crippen LogP contribution in [0, 0.1) is 5.41 Å². The number of carbonyl (C=O) groups excluding carboxylic acids is 2. The Kier molecular flexibility index (Phi) is 4.39. The van der Waals surface area contributed by atoms with Gasteiger partial charge >= 0.3 is 5.91 Å². The molecular formula is C5H11N5O2. The second-order valence-corrected chi connectivity index (χ2v) is 1.88. The van der Waals surface area contributed by atoms with E-state index in [4.69, 9.17) is 11.3 Å². The van der Waals surface area contributed by atoms with Crippen LogP contribution in [0.15, 0.2) is 0 Å². The Bertz CT molecular complexity index is 202. The van der Waals surface area contributed by atoms with Gasteiger partial charge in [0.1, 0.15) is 0 Å². The maximum Gasteiger partial charge on any atom is 0.301 e. The first-order chi connectivity index (χ1) is 5.61. The van der Waals surface area contributed by atoms with Crippen LogP contribution in [0.4, 0.5) is 0 Å². The maximum atomic E-state index is 10.6. The molecule has 0 unspecified atom stereocenters. The molecule has 2 amide bonds. The van der Waals surface area contributed by atoms with E-state index in [1.807, 2.05) is 0 Å². The van der Waals surface area contributed by atoms with Crippen molar-refractivity contribution >= 4 is 17.6 Å². The first kappa shape index (κ1) is 10.4. The Labute approximate surface area is 69.1 Å². The normalized spacial score (nSPS) is 8.50. The Balaban J connectivity index is 3.72. The van der Waals surface area contributed by atoms with Crippen molar-refractivity contribution in [3.8, 4) is 0 Å². The summed E-state index contributed by atoms with van der Waals surface area (Å²) < 4.78 is 0. The van der Waals surface area contributed by atoms with Crippen LogP contribution in [-0.4, -0.2) is 17.6 Å². The van der Waals surface area contributed by atoms with Gasteiger partial charge in [0.05, 0.1) is 0 Å². The predicted molar refractivity (Wildman–Crippen MR) is 41.6 cm³/mol. The van der Waals surface area contributed by atoms with Gasteiger partial charge in [-0.1, -0.05) is 6.92 Å². The van der Waals surface area contributed by atoms with Crippen molar-refractivity contribution in [1.82, 2.24) is 16.3 Å². The third-order valence-corrected chi connectivity index (χ3v) is 1.01. The van der Waals surface area contributed by atoms with Gasteiger partial charge in [-0.25, -0.2) is 5.84 Å². The smallest absolute Gasteiger partial charge is 0.287 e. The molecular weight excluding hydrogens is 162 g/mol. The molecule has 0 aromatic heterocycles. The zero-order valence-electron chi connectivity index (χ0n) is 6.60. The molecule has 12 heavy (non-hydrogen) atoms. The minimum atomic E-state index is -0.800. The molecule has 0 aromatic carbocycles. The zero-order valence-corrected chi connectivity index (χ0v) is 6.60. The summed E-state index contributed by atoms with van der Waals surface area (Å²) in [5, 5.41) is 6.95. The molecule has 0 aliphatic rings. The first-order valence-corrected chi connectivity index (χ1v) is 3.26. The predicted octanol–water partition coefficient (Wildman–Crippen LogP) is -2.02. The molecule has 0 atom stereocenters. The van der Waals surface area contributed by atoms with Gasteiger partial charge in [-0.3, -0.25) is 31.3 Å². The number of hydrazine groups is 2. The Morgan fingerprint density at radius 3 is 2.42 bits per heavy atom. The van der Waals surface area contributed by atoms with Gasteiger partial charge in [-0.2, -0.15) is 0 Å². The first-order valence-electron chi connectivity index (χ1n) is 3.26. The lowest BCUT2D eigenvalue weighted by Gasteiger charge is -2.06. The molecule has 0 bridgehead atoms. The summed E-state index contributed by atoms with van der Waals surface area (Å²) >= 11 is 0. The number of hydrogen-bond acceptors (Lipinski definition) is 4. The number of nitrogens with one attached hydrogen (secondary N) is 4. The Morgan fingerprint density at radius 1 is 1.42 bits per heavy atom. The van der Waals surface area contributed by atoms with Gasteiger partial charge in [0, 0.05) is 6.42 Å². The lowest BCUT2D eigenvalue weighted by atomic mass is 10.5. The molecule has 7 heteroatoms. The van der Waals surface area contributed by atoms with Crippen molar-refractivity contribution in [2.75, 3.05) is 0 Å². The quantitative estimate of drug-likeness (QED) is 0.103. The van der Waals surface area contributed by atoms with Gasteiger partial charge in [-0.05, 0) is 0 Å². The topological polar surface area (TPSA) is 120 Å². The van der Waals surface area contributed by atoms with E-state index in [1.54, 1.807) is 12.3 Å². The van der Waals surface area contributed by atoms with Crippen LogP contribution in [-0.2, 0) is 9.59 Å². The van der Waals surface area contributed by atoms with Gasteiger partial charge in [-0.15, -0.1) is 0 Å². The van der Waals surface area contributed by atoms with Gasteiger partial charge in [0.25, 0.3) is 0 Å². The maximum absolute atomic E-state index is 10.6. The van der Waals surface area contributed by atoms with Crippen molar-refractivity contribution in [1.29, 1.82) is 5.41 Å². The van der Waals surface area contributed by atoms with E-state index in [9.17, 15) is 9.59 Å². The van der Waals surface area contributed by atoms with Crippen molar-refractivity contribution in [2.45, 2.75) is 13.3 Å². The third-order valence-electron chi connectivity index (χ3n) is 1.01. The van der Waals surface area contributed by atoms with Crippen LogP contribution in [0.25, 0.3) is 0 Å². The van der Waals surface area contributed by atoms with Gasteiger partial charge in [0.2, 0.25) is 11.7 Å². The lowest BCUT2D eigenvalue weighted by Crippen LogP contribution is -2.49. The van der Waals surface area contributed by atoms with E-state index in [1.165, 1.54) is 0 Å².